The molecule has 0 radical (unpaired) electrons. The van der Waals surface area contributed by atoms with Crippen LogP contribution >= 0.6 is 0 Å². The molecule has 1 saturated heterocycles. The van der Waals surface area contributed by atoms with E-state index in [0.717, 1.165) is 55.5 Å². The number of ether oxygens (including phenoxy) is 1. The fraction of sp³-hybridized carbons (Fsp3) is 0.500. The van der Waals surface area contributed by atoms with E-state index < -0.39 is 0 Å². The molecule has 1 aromatic carbocycles. The zero-order chi connectivity index (χ0) is 21.7. The van der Waals surface area contributed by atoms with Gasteiger partial charge in [-0.1, -0.05) is 0 Å². The van der Waals surface area contributed by atoms with E-state index in [1.54, 1.807) is 12.1 Å². The summed E-state index contributed by atoms with van der Waals surface area (Å²) < 4.78 is 5.80. The standard InChI is InChI=1S/C22H31N5O3/c1-17-13-18(2)23-22(14-17)26-9-7-25(8-10-26)21-6-5-20(27(28)29)15-19(21)16-30-12-11-24(3)4/h5-6,13-15H,7-12,16H2,1-4H3. The third kappa shape index (κ3) is 5.67. The van der Waals surface area contributed by atoms with Gasteiger partial charge < -0.3 is 19.4 Å². The Bertz CT molecular complexity index is 859. The number of nitrogens with zero attached hydrogens (tertiary/aromatic N) is 5. The maximum Gasteiger partial charge on any atom is 0.269 e. The van der Waals surface area contributed by atoms with Gasteiger partial charge in [0.15, 0.2) is 0 Å². The van der Waals surface area contributed by atoms with E-state index in [1.165, 1.54) is 5.56 Å². The van der Waals surface area contributed by atoms with Gasteiger partial charge in [-0.25, -0.2) is 4.98 Å². The van der Waals surface area contributed by atoms with Gasteiger partial charge in [-0.05, 0) is 51.7 Å². The summed E-state index contributed by atoms with van der Waals surface area (Å²) in [4.78, 5) is 22.2. The van der Waals surface area contributed by atoms with Crippen LogP contribution in [-0.2, 0) is 11.3 Å². The molecule has 0 N–H and O–H groups in total. The van der Waals surface area contributed by atoms with E-state index in [9.17, 15) is 10.1 Å². The molecule has 0 bridgehead atoms. The van der Waals surface area contributed by atoms with Crippen LogP contribution in [0.15, 0.2) is 30.3 Å². The van der Waals surface area contributed by atoms with Crippen molar-refractivity contribution in [2.24, 2.45) is 0 Å². The zero-order valence-electron chi connectivity index (χ0n) is 18.3. The Morgan fingerprint density at radius 3 is 2.43 bits per heavy atom. The molecule has 0 atom stereocenters. The van der Waals surface area contributed by atoms with Gasteiger partial charge in [0, 0.05) is 61.8 Å². The smallest absolute Gasteiger partial charge is 0.269 e. The Hall–Kier alpha value is -2.71. The third-order valence-corrected chi connectivity index (χ3v) is 5.24. The maximum absolute atomic E-state index is 11.2. The van der Waals surface area contributed by atoms with Crippen molar-refractivity contribution in [2.45, 2.75) is 20.5 Å². The van der Waals surface area contributed by atoms with Crippen LogP contribution in [0.5, 0.6) is 0 Å². The van der Waals surface area contributed by atoms with E-state index >= 15 is 0 Å². The van der Waals surface area contributed by atoms with E-state index in [4.69, 9.17) is 4.74 Å². The van der Waals surface area contributed by atoms with Crippen LogP contribution in [0.25, 0.3) is 0 Å². The number of non-ortho nitro benzene ring substituents is 1. The second-order valence-electron chi connectivity index (χ2n) is 8.04. The molecule has 8 nitrogen and oxygen atoms in total. The molecule has 1 fully saturated rings. The van der Waals surface area contributed by atoms with Gasteiger partial charge in [0.25, 0.3) is 5.69 Å². The Kier molecular flexibility index (Phi) is 7.23. The lowest BCUT2D eigenvalue weighted by Crippen LogP contribution is -2.47. The minimum absolute atomic E-state index is 0.100. The molecule has 1 aromatic heterocycles. The number of hydrogen-bond acceptors (Lipinski definition) is 7. The van der Waals surface area contributed by atoms with Crippen molar-refractivity contribution in [1.82, 2.24) is 9.88 Å². The van der Waals surface area contributed by atoms with Crippen molar-refractivity contribution in [2.75, 3.05) is 63.2 Å². The Morgan fingerprint density at radius 2 is 1.80 bits per heavy atom. The Balaban J connectivity index is 1.71. The van der Waals surface area contributed by atoms with Crippen molar-refractivity contribution in [3.8, 4) is 0 Å². The molecule has 0 saturated carbocycles. The summed E-state index contributed by atoms with van der Waals surface area (Å²) in [5, 5.41) is 11.2. The van der Waals surface area contributed by atoms with Crippen molar-refractivity contribution < 1.29 is 9.66 Å². The van der Waals surface area contributed by atoms with Gasteiger partial charge in [-0.3, -0.25) is 10.1 Å². The first-order valence-electron chi connectivity index (χ1n) is 10.3. The largest absolute Gasteiger partial charge is 0.375 e. The molecule has 1 aliphatic heterocycles. The molecule has 2 aromatic rings. The van der Waals surface area contributed by atoms with Gasteiger partial charge in [0.05, 0.1) is 18.1 Å². The van der Waals surface area contributed by atoms with E-state index in [2.05, 4.69) is 38.7 Å². The first-order valence-corrected chi connectivity index (χ1v) is 10.3. The number of aromatic nitrogens is 1. The fourth-order valence-electron chi connectivity index (χ4n) is 3.70. The number of piperazine rings is 1. The number of likely N-dealkylation sites (N-methyl/N-ethyl adjacent to an activating group) is 1. The first-order chi connectivity index (χ1) is 14.3. The average molecular weight is 414 g/mol. The highest BCUT2D eigenvalue weighted by atomic mass is 16.6. The third-order valence-electron chi connectivity index (χ3n) is 5.24. The normalized spacial score (nSPS) is 14.4. The van der Waals surface area contributed by atoms with Gasteiger partial charge >= 0.3 is 0 Å². The lowest BCUT2D eigenvalue weighted by atomic mass is 10.1. The molecule has 162 valence electrons. The van der Waals surface area contributed by atoms with Crippen LogP contribution in [0.4, 0.5) is 17.2 Å². The number of anilines is 2. The topological polar surface area (TPSA) is 75.0 Å². The van der Waals surface area contributed by atoms with Gasteiger partial charge in [-0.2, -0.15) is 0 Å². The Labute approximate surface area is 178 Å². The molecule has 0 amide bonds. The highest BCUT2D eigenvalue weighted by Crippen LogP contribution is 2.28. The lowest BCUT2D eigenvalue weighted by Gasteiger charge is -2.37. The summed E-state index contributed by atoms with van der Waals surface area (Å²) in [7, 11) is 3.98. The van der Waals surface area contributed by atoms with Crippen LogP contribution in [-0.4, -0.2) is 68.2 Å². The number of hydrogen-bond donors (Lipinski definition) is 0. The molecular formula is C22H31N5O3. The first kappa shape index (κ1) is 22.0. The monoisotopic (exact) mass is 413 g/mol. The number of aryl methyl sites for hydroxylation is 2. The maximum atomic E-state index is 11.2. The number of nitro groups is 1. The van der Waals surface area contributed by atoms with Gasteiger partial charge in [0.2, 0.25) is 0 Å². The van der Waals surface area contributed by atoms with E-state index in [-0.39, 0.29) is 10.6 Å². The number of nitro benzene ring substituents is 1. The second kappa shape index (κ2) is 9.86. The molecule has 3 rings (SSSR count). The zero-order valence-corrected chi connectivity index (χ0v) is 18.3. The van der Waals surface area contributed by atoms with Gasteiger partial charge in [-0.15, -0.1) is 0 Å². The molecule has 1 aliphatic rings. The van der Waals surface area contributed by atoms with Gasteiger partial charge in [0.1, 0.15) is 5.82 Å². The second-order valence-corrected chi connectivity index (χ2v) is 8.04. The van der Waals surface area contributed by atoms with Crippen molar-refractivity contribution >= 4 is 17.2 Å². The number of pyridine rings is 1. The predicted octanol–water partition coefficient (Wildman–Crippen LogP) is 3.01. The minimum Gasteiger partial charge on any atom is -0.375 e. The van der Waals surface area contributed by atoms with Crippen molar-refractivity contribution in [3.05, 3.63) is 57.3 Å². The minimum atomic E-state index is -0.350. The Morgan fingerprint density at radius 1 is 1.10 bits per heavy atom. The van der Waals surface area contributed by atoms with E-state index in [0.29, 0.717) is 13.2 Å². The molecule has 30 heavy (non-hydrogen) atoms. The summed E-state index contributed by atoms with van der Waals surface area (Å²) in [5.41, 5.74) is 4.22. The fourth-order valence-corrected chi connectivity index (χ4v) is 3.70. The lowest BCUT2D eigenvalue weighted by molar-refractivity contribution is -0.384. The molecular weight excluding hydrogens is 382 g/mol. The molecule has 0 spiro atoms. The van der Waals surface area contributed by atoms with Crippen LogP contribution in [0.1, 0.15) is 16.8 Å². The summed E-state index contributed by atoms with van der Waals surface area (Å²) in [5.74, 6) is 1.02. The van der Waals surface area contributed by atoms with Crippen LogP contribution in [0.3, 0.4) is 0 Å². The highest BCUT2D eigenvalue weighted by Gasteiger charge is 2.22. The number of rotatable bonds is 8. The highest BCUT2D eigenvalue weighted by molar-refractivity contribution is 5.59. The quantitative estimate of drug-likeness (QED) is 0.374. The van der Waals surface area contributed by atoms with Crippen LogP contribution in [0.2, 0.25) is 0 Å². The van der Waals surface area contributed by atoms with Crippen molar-refractivity contribution in [1.29, 1.82) is 0 Å². The summed E-state index contributed by atoms with van der Waals surface area (Å²) in [6.07, 6.45) is 0. The summed E-state index contributed by atoms with van der Waals surface area (Å²) in [6.45, 7) is 9.24. The van der Waals surface area contributed by atoms with Crippen molar-refractivity contribution in [3.63, 3.8) is 0 Å². The summed E-state index contributed by atoms with van der Waals surface area (Å²) in [6, 6.07) is 9.28. The molecule has 0 unspecified atom stereocenters. The van der Waals surface area contributed by atoms with E-state index in [1.807, 2.05) is 27.1 Å². The predicted molar refractivity (Wildman–Crippen MR) is 119 cm³/mol. The van der Waals surface area contributed by atoms with Crippen LogP contribution < -0.4 is 9.80 Å². The summed E-state index contributed by atoms with van der Waals surface area (Å²) >= 11 is 0. The molecule has 8 heteroatoms. The molecule has 0 aliphatic carbocycles. The van der Waals surface area contributed by atoms with Crippen LogP contribution in [0, 0.1) is 24.0 Å². The SMILES string of the molecule is Cc1cc(C)nc(N2CCN(c3ccc([N+](=O)[O-])cc3COCCN(C)C)CC2)c1. The number of benzene rings is 1. The average Bonchev–Trinajstić information content (AvgIpc) is 2.70. The molecule has 2 heterocycles.